The second-order valence-corrected chi connectivity index (χ2v) is 5.35. The molecule has 0 radical (unpaired) electrons. The molecule has 0 bridgehead atoms. The Hall–Kier alpha value is -0.290. The summed E-state index contributed by atoms with van der Waals surface area (Å²) in [4.78, 5) is 0. The zero-order chi connectivity index (χ0) is 9.68. The van der Waals surface area contributed by atoms with Gasteiger partial charge in [-0.3, -0.25) is 0 Å². The first kappa shape index (κ1) is 10.8. The first-order valence-electron chi connectivity index (χ1n) is 4.29. The minimum Gasteiger partial charge on any atom is -0.360 e. The van der Waals surface area contributed by atoms with E-state index in [1.165, 1.54) is 6.42 Å². The maximum Gasteiger partial charge on any atom is 0.205 e. The van der Waals surface area contributed by atoms with E-state index in [1.54, 1.807) is 11.3 Å². The highest BCUT2D eigenvalue weighted by molar-refractivity contribution is 7.99. The third-order valence-corrected chi connectivity index (χ3v) is 3.59. The third kappa shape index (κ3) is 3.95. The van der Waals surface area contributed by atoms with Crippen LogP contribution in [-0.2, 0) is 0 Å². The molecule has 1 unspecified atom stereocenters. The second-order valence-electron chi connectivity index (χ2n) is 2.89. The quantitative estimate of drug-likeness (QED) is 0.822. The molecule has 1 aromatic heterocycles. The van der Waals surface area contributed by atoms with E-state index in [-0.39, 0.29) is 0 Å². The van der Waals surface area contributed by atoms with E-state index >= 15 is 0 Å². The Bertz CT molecular complexity index is 249. The average molecular weight is 217 g/mol. The van der Waals surface area contributed by atoms with Gasteiger partial charge in [-0.25, -0.2) is 0 Å². The van der Waals surface area contributed by atoms with Crippen molar-refractivity contribution in [2.24, 2.45) is 0 Å². The van der Waals surface area contributed by atoms with Crippen molar-refractivity contribution >= 4 is 28.2 Å². The Labute approximate surface area is 87.3 Å². The number of thioether (sulfide) groups is 1. The predicted octanol–water partition coefficient (Wildman–Crippen LogP) is 2.40. The van der Waals surface area contributed by atoms with Crippen LogP contribution in [0.1, 0.15) is 18.4 Å². The third-order valence-electron chi connectivity index (χ3n) is 1.76. The number of nitrogens with zero attached hydrogens (tertiary/aromatic N) is 2. The SMILES string of the molecule is CSC(C)CCNc1nnc(C)s1. The highest BCUT2D eigenvalue weighted by Gasteiger charge is 2.01. The van der Waals surface area contributed by atoms with E-state index in [2.05, 4.69) is 28.7 Å². The van der Waals surface area contributed by atoms with Crippen molar-refractivity contribution in [3.05, 3.63) is 5.01 Å². The number of rotatable bonds is 5. The Balaban J connectivity index is 2.20. The highest BCUT2D eigenvalue weighted by atomic mass is 32.2. The minimum atomic E-state index is 0.710. The number of hydrogen-bond donors (Lipinski definition) is 1. The summed E-state index contributed by atoms with van der Waals surface area (Å²) in [5.41, 5.74) is 0. The monoisotopic (exact) mass is 217 g/mol. The van der Waals surface area contributed by atoms with Crippen molar-refractivity contribution in [1.29, 1.82) is 0 Å². The lowest BCUT2D eigenvalue weighted by atomic mass is 10.3. The summed E-state index contributed by atoms with van der Waals surface area (Å²) in [7, 11) is 0. The lowest BCUT2D eigenvalue weighted by Gasteiger charge is -2.07. The van der Waals surface area contributed by atoms with Crippen LogP contribution in [0.15, 0.2) is 0 Å². The summed E-state index contributed by atoms with van der Waals surface area (Å²) in [5.74, 6) is 0. The smallest absolute Gasteiger partial charge is 0.205 e. The van der Waals surface area contributed by atoms with Crippen molar-refractivity contribution in [3.63, 3.8) is 0 Å². The van der Waals surface area contributed by atoms with E-state index < -0.39 is 0 Å². The summed E-state index contributed by atoms with van der Waals surface area (Å²) in [6, 6.07) is 0. The molecule has 0 aromatic carbocycles. The van der Waals surface area contributed by atoms with Crippen molar-refractivity contribution in [2.75, 3.05) is 18.1 Å². The molecule has 0 aliphatic heterocycles. The molecule has 1 aromatic rings. The van der Waals surface area contributed by atoms with Crippen molar-refractivity contribution in [3.8, 4) is 0 Å². The molecule has 0 spiro atoms. The fraction of sp³-hybridized carbons (Fsp3) is 0.750. The lowest BCUT2D eigenvalue weighted by molar-refractivity contribution is 0.849. The largest absolute Gasteiger partial charge is 0.360 e. The van der Waals surface area contributed by atoms with Crippen molar-refractivity contribution < 1.29 is 0 Å². The Morgan fingerprint density at radius 3 is 2.85 bits per heavy atom. The second kappa shape index (κ2) is 5.44. The van der Waals surface area contributed by atoms with Crippen molar-refractivity contribution in [2.45, 2.75) is 25.5 Å². The summed E-state index contributed by atoms with van der Waals surface area (Å²) < 4.78 is 0. The van der Waals surface area contributed by atoms with Gasteiger partial charge in [0, 0.05) is 11.8 Å². The molecule has 1 rings (SSSR count). The minimum absolute atomic E-state index is 0.710. The van der Waals surface area contributed by atoms with Gasteiger partial charge in [-0.05, 0) is 19.6 Å². The van der Waals surface area contributed by atoms with Gasteiger partial charge in [-0.1, -0.05) is 18.3 Å². The maximum atomic E-state index is 3.99. The van der Waals surface area contributed by atoms with Crippen LogP contribution in [0.4, 0.5) is 5.13 Å². The molecule has 0 fully saturated rings. The molecule has 1 N–H and O–H groups in total. The fourth-order valence-corrected chi connectivity index (χ4v) is 1.84. The van der Waals surface area contributed by atoms with Crippen LogP contribution in [0, 0.1) is 6.92 Å². The van der Waals surface area contributed by atoms with E-state index in [1.807, 2.05) is 18.7 Å². The predicted molar refractivity (Wildman–Crippen MR) is 60.7 cm³/mol. The van der Waals surface area contributed by atoms with Crippen LogP contribution < -0.4 is 5.32 Å². The van der Waals surface area contributed by atoms with Gasteiger partial charge in [-0.15, -0.1) is 10.2 Å². The highest BCUT2D eigenvalue weighted by Crippen LogP contribution is 2.14. The van der Waals surface area contributed by atoms with Gasteiger partial charge < -0.3 is 5.32 Å². The van der Waals surface area contributed by atoms with Gasteiger partial charge in [0.05, 0.1) is 0 Å². The molecule has 0 saturated carbocycles. The molecule has 1 heterocycles. The van der Waals surface area contributed by atoms with Gasteiger partial charge >= 0.3 is 0 Å². The van der Waals surface area contributed by atoms with Crippen molar-refractivity contribution in [1.82, 2.24) is 10.2 Å². The summed E-state index contributed by atoms with van der Waals surface area (Å²) >= 11 is 3.50. The normalized spacial score (nSPS) is 12.8. The molecular weight excluding hydrogens is 202 g/mol. The average Bonchev–Trinajstić information content (AvgIpc) is 2.51. The fourth-order valence-electron chi connectivity index (χ4n) is 0.868. The molecule has 1 atom stereocenters. The van der Waals surface area contributed by atoms with Gasteiger partial charge in [0.15, 0.2) is 0 Å². The van der Waals surface area contributed by atoms with E-state index in [9.17, 15) is 0 Å². The Morgan fingerprint density at radius 1 is 1.54 bits per heavy atom. The molecule has 3 nitrogen and oxygen atoms in total. The molecule has 13 heavy (non-hydrogen) atoms. The number of aryl methyl sites for hydroxylation is 1. The van der Waals surface area contributed by atoms with Crippen LogP contribution in [0.25, 0.3) is 0 Å². The van der Waals surface area contributed by atoms with Crippen LogP contribution in [0.5, 0.6) is 0 Å². The van der Waals surface area contributed by atoms with Crippen LogP contribution in [0.3, 0.4) is 0 Å². The first-order valence-corrected chi connectivity index (χ1v) is 6.39. The maximum absolute atomic E-state index is 3.99. The molecule has 74 valence electrons. The van der Waals surface area contributed by atoms with Gasteiger partial charge in [0.1, 0.15) is 5.01 Å². The standard InChI is InChI=1S/C8H15N3S2/c1-6(12-3)4-5-9-8-11-10-7(2)13-8/h6H,4-5H2,1-3H3,(H,9,11). The number of aromatic nitrogens is 2. The molecular formula is C8H15N3S2. The van der Waals surface area contributed by atoms with E-state index in [0.29, 0.717) is 5.25 Å². The lowest BCUT2D eigenvalue weighted by Crippen LogP contribution is -2.07. The van der Waals surface area contributed by atoms with Gasteiger partial charge in [0.2, 0.25) is 5.13 Å². The molecule has 0 aliphatic carbocycles. The topological polar surface area (TPSA) is 37.8 Å². The van der Waals surface area contributed by atoms with Crippen LogP contribution in [-0.4, -0.2) is 28.2 Å². The zero-order valence-electron chi connectivity index (χ0n) is 8.20. The number of hydrogen-bond acceptors (Lipinski definition) is 5. The molecule has 0 saturated heterocycles. The Morgan fingerprint density at radius 2 is 2.31 bits per heavy atom. The number of anilines is 1. The van der Waals surface area contributed by atoms with Crippen LogP contribution >= 0.6 is 23.1 Å². The molecule has 0 amide bonds. The van der Waals surface area contributed by atoms with Gasteiger partial charge in [-0.2, -0.15) is 11.8 Å². The summed E-state index contributed by atoms with van der Waals surface area (Å²) in [6.07, 6.45) is 3.31. The van der Waals surface area contributed by atoms with Gasteiger partial charge in [0.25, 0.3) is 0 Å². The van der Waals surface area contributed by atoms with Crippen LogP contribution in [0.2, 0.25) is 0 Å². The zero-order valence-corrected chi connectivity index (χ0v) is 9.84. The van der Waals surface area contributed by atoms with E-state index in [4.69, 9.17) is 0 Å². The number of nitrogens with one attached hydrogen (secondary N) is 1. The molecule has 5 heteroatoms. The molecule has 0 aliphatic rings. The summed E-state index contributed by atoms with van der Waals surface area (Å²) in [6.45, 7) is 5.18. The van der Waals surface area contributed by atoms with E-state index in [0.717, 1.165) is 16.7 Å². The first-order chi connectivity index (χ1) is 6.22. The summed E-state index contributed by atoms with van der Waals surface area (Å²) in [5, 5.41) is 13.8. The Kier molecular flexibility index (Phi) is 4.52.